The second-order valence-corrected chi connectivity index (χ2v) is 7.16. The van der Waals surface area contributed by atoms with E-state index in [2.05, 4.69) is 10.6 Å². The average molecular weight is 380 g/mol. The Morgan fingerprint density at radius 1 is 1.12 bits per heavy atom. The van der Waals surface area contributed by atoms with E-state index in [1.807, 2.05) is 18.2 Å². The summed E-state index contributed by atoms with van der Waals surface area (Å²) in [4.78, 5) is 25.7. The van der Waals surface area contributed by atoms with Crippen molar-refractivity contribution < 1.29 is 9.59 Å². The first kappa shape index (κ1) is 20.7. The van der Waals surface area contributed by atoms with Gasteiger partial charge < -0.3 is 15.5 Å². The average Bonchev–Trinajstić information content (AvgIpc) is 2.86. The molecule has 0 bridgehead atoms. The molecule has 2 amide bonds. The Hall–Kier alpha value is -1.59. The van der Waals surface area contributed by atoms with Crippen LogP contribution in [-0.2, 0) is 11.2 Å². The summed E-state index contributed by atoms with van der Waals surface area (Å²) in [6.07, 6.45) is 8.67. The van der Waals surface area contributed by atoms with Gasteiger partial charge in [0.05, 0.1) is 0 Å². The van der Waals surface area contributed by atoms with Crippen molar-refractivity contribution in [2.24, 2.45) is 0 Å². The molecule has 0 spiro atoms. The summed E-state index contributed by atoms with van der Waals surface area (Å²) in [5, 5.41) is 6.57. The molecule has 0 unspecified atom stereocenters. The molecule has 1 aliphatic heterocycles. The summed E-state index contributed by atoms with van der Waals surface area (Å²) in [6.45, 7) is 3.75. The zero-order valence-corrected chi connectivity index (χ0v) is 16.4. The van der Waals surface area contributed by atoms with Gasteiger partial charge in [0.1, 0.15) is 0 Å². The fourth-order valence-corrected chi connectivity index (χ4v) is 3.91. The highest BCUT2D eigenvalue weighted by molar-refractivity contribution is 5.97. The van der Waals surface area contributed by atoms with Gasteiger partial charge in [0, 0.05) is 43.9 Å². The molecule has 2 aliphatic rings. The number of hydrogen-bond donors (Lipinski definition) is 2. The number of amides is 2. The van der Waals surface area contributed by atoms with Gasteiger partial charge in [-0.2, -0.15) is 0 Å². The number of benzene rings is 1. The normalized spacial score (nSPS) is 17.2. The van der Waals surface area contributed by atoms with E-state index in [0.29, 0.717) is 24.7 Å². The zero-order chi connectivity index (χ0) is 17.6. The third-order valence-corrected chi connectivity index (χ3v) is 5.32. The number of halogens is 1. The van der Waals surface area contributed by atoms with E-state index >= 15 is 0 Å². The molecule has 3 rings (SSSR count). The Kier molecular flexibility index (Phi) is 7.91. The van der Waals surface area contributed by atoms with Crippen molar-refractivity contribution in [2.45, 2.75) is 57.9 Å². The van der Waals surface area contributed by atoms with Gasteiger partial charge >= 0.3 is 0 Å². The van der Waals surface area contributed by atoms with Gasteiger partial charge in [-0.05, 0) is 43.0 Å². The molecule has 1 heterocycles. The number of rotatable bonds is 5. The molecule has 0 saturated heterocycles. The van der Waals surface area contributed by atoms with Gasteiger partial charge in [0.2, 0.25) is 5.91 Å². The maximum absolute atomic E-state index is 12.3. The molecular formula is C20H30ClN3O2. The highest BCUT2D eigenvalue weighted by atomic mass is 35.5. The van der Waals surface area contributed by atoms with Crippen LogP contribution in [0.25, 0.3) is 0 Å². The molecule has 1 aliphatic carbocycles. The lowest BCUT2D eigenvalue weighted by Crippen LogP contribution is -2.36. The summed E-state index contributed by atoms with van der Waals surface area (Å²) < 4.78 is 0. The van der Waals surface area contributed by atoms with Crippen molar-refractivity contribution in [2.75, 3.05) is 24.5 Å². The van der Waals surface area contributed by atoms with E-state index in [-0.39, 0.29) is 24.2 Å². The standard InChI is InChI=1S/C20H29N3O2.ClH/c1-15(24)23-13-10-16-14-17(8-9-19(16)23)20(25)22-12-11-21-18-6-4-2-3-5-7-18;/h8-9,14,18,21H,2-7,10-13H2,1H3,(H,22,25);1H. The van der Waals surface area contributed by atoms with Gasteiger partial charge in [0.15, 0.2) is 0 Å². The lowest BCUT2D eigenvalue weighted by Gasteiger charge is -2.16. The molecule has 0 aromatic heterocycles. The Labute approximate surface area is 162 Å². The van der Waals surface area contributed by atoms with Crippen LogP contribution < -0.4 is 15.5 Å². The van der Waals surface area contributed by atoms with Crippen LogP contribution in [0.1, 0.15) is 61.4 Å². The summed E-state index contributed by atoms with van der Waals surface area (Å²) in [7, 11) is 0. The molecule has 1 aromatic rings. The number of nitrogens with zero attached hydrogens (tertiary/aromatic N) is 1. The van der Waals surface area contributed by atoms with Gasteiger partial charge in [-0.25, -0.2) is 0 Å². The summed E-state index contributed by atoms with van der Waals surface area (Å²) >= 11 is 0. The third kappa shape index (κ3) is 5.21. The SMILES string of the molecule is CC(=O)N1CCc2cc(C(=O)NCCNC3CCCCCC3)ccc21.Cl. The summed E-state index contributed by atoms with van der Waals surface area (Å²) in [5.41, 5.74) is 2.71. The molecule has 1 saturated carbocycles. The quantitative estimate of drug-likeness (QED) is 0.610. The van der Waals surface area contributed by atoms with E-state index in [1.165, 1.54) is 38.5 Å². The summed E-state index contributed by atoms with van der Waals surface area (Å²) in [5.74, 6) is 0.0206. The van der Waals surface area contributed by atoms with Crippen molar-refractivity contribution in [1.82, 2.24) is 10.6 Å². The number of carbonyl (C=O) groups excluding carboxylic acids is 2. The van der Waals surface area contributed by atoms with E-state index in [9.17, 15) is 9.59 Å². The molecular weight excluding hydrogens is 350 g/mol. The molecule has 144 valence electrons. The first-order chi connectivity index (χ1) is 12.1. The third-order valence-electron chi connectivity index (χ3n) is 5.32. The maximum atomic E-state index is 12.3. The molecule has 2 N–H and O–H groups in total. The minimum atomic E-state index is -0.0354. The lowest BCUT2D eigenvalue weighted by atomic mass is 10.1. The van der Waals surface area contributed by atoms with Crippen molar-refractivity contribution in [3.63, 3.8) is 0 Å². The maximum Gasteiger partial charge on any atom is 0.251 e. The van der Waals surface area contributed by atoms with Gasteiger partial charge in [0.25, 0.3) is 5.91 Å². The summed E-state index contributed by atoms with van der Waals surface area (Å²) in [6, 6.07) is 6.24. The van der Waals surface area contributed by atoms with Crippen molar-refractivity contribution in [3.05, 3.63) is 29.3 Å². The topological polar surface area (TPSA) is 61.4 Å². The molecule has 26 heavy (non-hydrogen) atoms. The van der Waals surface area contributed by atoms with Crippen molar-refractivity contribution in [3.8, 4) is 0 Å². The second kappa shape index (κ2) is 9.93. The van der Waals surface area contributed by atoms with Crippen molar-refractivity contribution >= 4 is 29.9 Å². The van der Waals surface area contributed by atoms with Crippen LogP contribution >= 0.6 is 12.4 Å². The van der Waals surface area contributed by atoms with Gasteiger partial charge in [-0.1, -0.05) is 25.7 Å². The number of nitrogens with one attached hydrogen (secondary N) is 2. The van der Waals surface area contributed by atoms with Crippen LogP contribution in [0.5, 0.6) is 0 Å². The van der Waals surface area contributed by atoms with Crippen LogP contribution in [0, 0.1) is 0 Å². The highest BCUT2D eigenvalue weighted by Crippen LogP contribution is 2.28. The Morgan fingerprint density at radius 2 is 1.85 bits per heavy atom. The Morgan fingerprint density at radius 3 is 2.54 bits per heavy atom. The Bertz CT molecular complexity index is 627. The van der Waals surface area contributed by atoms with E-state index in [1.54, 1.807) is 11.8 Å². The molecule has 0 radical (unpaired) electrons. The largest absolute Gasteiger partial charge is 0.351 e. The van der Waals surface area contributed by atoms with Crippen molar-refractivity contribution in [1.29, 1.82) is 0 Å². The highest BCUT2D eigenvalue weighted by Gasteiger charge is 2.23. The fourth-order valence-electron chi connectivity index (χ4n) is 3.91. The first-order valence-corrected chi connectivity index (χ1v) is 9.58. The minimum Gasteiger partial charge on any atom is -0.351 e. The first-order valence-electron chi connectivity index (χ1n) is 9.58. The smallest absolute Gasteiger partial charge is 0.251 e. The molecule has 5 nitrogen and oxygen atoms in total. The number of hydrogen-bond acceptors (Lipinski definition) is 3. The zero-order valence-electron chi connectivity index (χ0n) is 15.6. The predicted molar refractivity (Wildman–Crippen MR) is 107 cm³/mol. The molecule has 6 heteroatoms. The van der Waals surface area contributed by atoms with Gasteiger partial charge in [-0.3, -0.25) is 9.59 Å². The molecule has 0 atom stereocenters. The number of anilines is 1. The van der Waals surface area contributed by atoms with Crippen LogP contribution in [0.4, 0.5) is 5.69 Å². The molecule has 1 fully saturated rings. The van der Waals surface area contributed by atoms with Gasteiger partial charge in [-0.15, -0.1) is 12.4 Å². The Balaban J connectivity index is 0.00000243. The number of carbonyl (C=O) groups is 2. The number of fused-ring (bicyclic) bond motifs is 1. The monoisotopic (exact) mass is 379 g/mol. The lowest BCUT2D eigenvalue weighted by molar-refractivity contribution is -0.116. The predicted octanol–water partition coefficient (Wildman–Crippen LogP) is 3.06. The van der Waals surface area contributed by atoms with E-state index in [4.69, 9.17) is 0 Å². The van der Waals surface area contributed by atoms with E-state index in [0.717, 1.165) is 24.2 Å². The van der Waals surface area contributed by atoms with Crippen LogP contribution in [0.15, 0.2) is 18.2 Å². The van der Waals surface area contributed by atoms with Crippen LogP contribution in [0.3, 0.4) is 0 Å². The van der Waals surface area contributed by atoms with Crippen LogP contribution in [-0.4, -0.2) is 37.5 Å². The fraction of sp³-hybridized carbons (Fsp3) is 0.600. The minimum absolute atomic E-state index is 0. The van der Waals surface area contributed by atoms with Crippen LogP contribution in [0.2, 0.25) is 0 Å². The molecule has 1 aromatic carbocycles. The van der Waals surface area contributed by atoms with E-state index < -0.39 is 0 Å². The second-order valence-electron chi connectivity index (χ2n) is 7.16.